The summed E-state index contributed by atoms with van der Waals surface area (Å²) < 4.78 is 0. The zero-order valence-corrected chi connectivity index (χ0v) is 5.44. The van der Waals surface area contributed by atoms with E-state index in [-0.39, 0.29) is 0 Å². The lowest BCUT2D eigenvalue weighted by molar-refractivity contribution is 0.323. The second-order valence-corrected chi connectivity index (χ2v) is 1.48. The fourth-order valence-corrected chi connectivity index (χ4v) is 0.428. The average molecular weight is 139 g/mol. The molecular weight excluding hydrogens is 130 g/mol. The quantitative estimate of drug-likeness (QED) is 0.325. The Morgan fingerprint density at radius 3 is 1.80 bits per heavy atom. The Bertz CT molecular complexity index is 174. The van der Waals surface area contributed by atoms with Crippen LogP contribution in [0.3, 0.4) is 0 Å². The van der Waals surface area contributed by atoms with Gasteiger partial charge in [-0.1, -0.05) is 18.2 Å². The minimum Gasteiger partial charge on any atom is -0.508 e. The van der Waals surface area contributed by atoms with Crippen LogP contribution in [0.15, 0.2) is 35.5 Å². The number of phenolic OH excluding ortho intramolecular Hbond substituents is 1. The van der Waals surface area contributed by atoms with Gasteiger partial charge in [0.05, 0.1) is 0 Å². The summed E-state index contributed by atoms with van der Waals surface area (Å²) in [5.74, 6) is 0.322. The first-order chi connectivity index (χ1) is 4.81. The van der Waals surface area contributed by atoms with Crippen LogP contribution in [0.25, 0.3) is 0 Å². The van der Waals surface area contributed by atoms with Crippen molar-refractivity contribution in [3.63, 3.8) is 0 Å². The number of benzene rings is 1. The zero-order chi connectivity index (χ0) is 7.82. The van der Waals surface area contributed by atoms with Gasteiger partial charge in [-0.25, -0.2) is 0 Å². The normalized spacial score (nSPS) is 7.20. The van der Waals surface area contributed by atoms with Crippen LogP contribution in [0.2, 0.25) is 0 Å². The Hall–Kier alpha value is -1.51. The first-order valence-corrected chi connectivity index (χ1v) is 2.65. The van der Waals surface area contributed by atoms with Crippen LogP contribution in [-0.4, -0.2) is 17.0 Å². The van der Waals surface area contributed by atoms with Gasteiger partial charge in [-0.2, -0.15) is 0 Å². The molecule has 0 atom stereocenters. The molecule has 0 aliphatic carbocycles. The van der Waals surface area contributed by atoms with E-state index in [4.69, 9.17) is 10.3 Å². The number of rotatable bonds is 0. The van der Waals surface area contributed by atoms with Crippen LogP contribution in [0.5, 0.6) is 5.75 Å². The molecule has 0 heterocycles. The van der Waals surface area contributed by atoms with Gasteiger partial charge in [-0.05, 0) is 12.1 Å². The van der Waals surface area contributed by atoms with Gasteiger partial charge in [0.15, 0.2) is 0 Å². The van der Waals surface area contributed by atoms with Crippen molar-refractivity contribution in [2.45, 2.75) is 0 Å². The monoisotopic (exact) mass is 139 g/mol. The summed E-state index contributed by atoms with van der Waals surface area (Å²) in [4.78, 5) is 0. The van der Waals surface area contributed by atoms with E-state index < -0.39 is 0 Å². The molecule has 0 aliphatic rings. The summed E-state index contributed by atoms with van der Waals surface area (Å²) >= 11 is 0. The maximum Gasteiger partial charge on any atom is 0.115 e. The fraction of sp³-hybridized carbons (Fsp3) is 0. The maximum atomic E-state index is 8.63. The van der Waals surface area contributed by atoms with Gasteiger partial charge in [0.25, 0.3) is 0 Å². The minimum absolute atomic E-state index is 0.322. The molecule has 0 amide bonds. The smallest absolute Gasteiger partial charge is 0.115 e. The van der Waals surface area contributed by atoms with Crippen molar-refractivity contribution in [2.75, 3.05) is 0 Å². The molecule has 0 saturated carbocycles. The van der Waals surface area contributed by atoms with Gasteiger partial charge in [0.2, 0.25) is 0 Å². The van der Waals surface area contributed by atoms with Crippen LogP contribution >= 0.6 is 0 Å². The first kappa shape index (κ1) is 8.49. The summed E-state index contributed by atoms with van der Waals surface area (Å²) in [6.45, 7) is 2.67. The van der Waals surface area contributed by atoms with Gasteiger partial charge in [-0.15, -0.1) is 5.16 Å². The average Bonchev–Trinajstić information content (AvgIpc) is 1.91. The van der Waals surface area contributed by atoms with E-state index in [9.17, 15) is 0 Å². The van der Waals surface area contributed by atoms with E-state index in [2.05, 4.69) is 11.9 Å². The predicted molar refractivity (Wildman–Crippen MR) is 39.4 cm³/mol. The van der Waals surface area contributed by atoms with Crippen LogP contribution in [0.1, 0.15) is 0 Å². The maximum absolute atomic E-state index is 8.63. The summed E-state index contributed by atoms with van der Waals surface area (Å²) in [6.07, 6.45) is 0. The van der Waals surface area contributed by atoms with Crippen molar-refractivity contribution < 1.29 is 10.3 Å². The second-order valence-electron chi connectivity index (χ2n) is 1.48. The molecule has 2 N–H and O–H groups in total. The standard InChI is InChI=1S/C6H6O.CH3NO/c7-6-4-2-1-3-5-6;1-2-3/h1-5,7H;3H,1H2. The Labute approximate surface area is 59.2 Å². The van der Waals surface area contributed by atoms with Crippen molar-refractivity contribution in [1.29, 1.82) is 0 Å². The molecule has 0 bridgehead atoms. The number of hydrogen-bond acceptors (Lipinski definition) is 3. The molecule has 0 radical (unpaired) electrons. The second kappa shape index (κ2) is 5.62. The Balaban J connectivity index is 0.000000236. The highest BCUT2D eigenvalue weighted by Gasteiger charge is 1.74. The van der Waals surface area contributed by atoms with Gasteiger partial charge in [0, 0.05) is 6.72 Å². The van der Waals surface area contributed by atoms with E-state index in [1.165, 1.54) is 0 Å². The third-order valence-electron chi connectivity index (χ3n) is 0.756. The number of para-hydroxylation sites is 1. The minimum atomic E-state index is 0.322. The van der Waals surface area contributed by atoms with Crippen molar-refractivity contribution in [3.8, 4) is 5.75 Å². The van der Waals surface area contributed by atoms with E-state index >= 15 is 0 Å². The number of aromatic hydroxyl groups is 1. The highest BCUT2D eigenvalue weighted by atomic mass is 16.4. The van der Waals surface area contributed by atoms with Crippen LogP contribution < -0.4 is 0 Å². The molecule has 3 nitrogen and oxygen atoms in total. The molecule has 0 fully saturated rings. The molecule has 1 rings (SSSR count). The topological polar surface area (TPSA) is 52.8 Å². The SMILES string of the molecule is C=NO.Oc1ccccc1. The van der Waals surface area contributed by atoms with Crippen LogP contribution in [-0.2, 0) is 0 Å². The van der Waals surface area contributed by atoms with E-state index in [1.807, 2.05) is 6.07 Å². The summed E-state index contributed by atoms with van der Waals surface area (Å²) in [6, 6.07) is 8.71. The summed E-state index contributed by atoms with van der Waals surface area (Å²) in [5, 5.41) is 18.0. The van der Waals surface area contributed by atoms with Crippen LogP contribution in [0.4, 0.5) is 0 Å². The molecule has 0 spiro atoms. The fourth-order valence-electron chi connectivity index (χ4n) is 0.428. The van der Waals surface area contributed by atoms with Gasteiger partial charge in [0.1, 0.15) is 5.75 Å². The predicted octanol–water partition coefficient (Wildman–Crippen LogP) is 1.47. The molecule has 0 aromatic heterocycles. The van der Waals surface area contributed by atoms with Crippen molar-refractivity contribution in [3.05, 3.63) is 30.3 Å². The first-order valence-electron chi connectivity index (χ1n) is 2.65. The van der Waals surface area contributed by atoms with Crippen molar-refractivity contribution in [2.24, 2.45) is 5.16 Å². The number of hydrogen-bond donors (Lipinski definition) is 2. The van der Waals surface area contributed by atoms with E-state index in [0.29, 0.717) is 5.75 Å². The summed E-state index contributed by atoms with van der Waals surface area (Å²) in [7, 11) is 0. The lowest BCUT2D eigenvalue weighted by Crippen LogP contribution is -1.56. The molecule has 0 unspecified atom stereocenters. The molecule has 1 aromatic carbocycles. The highest BCUT2D eigenvalue weighted by molar-refractivity contribution is 5.20. The van der Waals surface area contributed by atoms with Gasteiger partial charge < -0.3 is 10.3 Å². The van der Waals surface area contributed by atoms with E-state index in [0.717, 1.165) is 0 Å². The van der Waals surface area contributed by atoms with Crippen molar-refractivity contribution >= 4 is 6.72 Å². The number of nitrogens with zero attached hydrogens (tertiary/aromatic N) is 1. The van der Waals surface area contributed by atoms with Crippen LogP contribution in [0, 0.1) is 0 Å². The Morgan fingerprint density at radius 1 is 1.20 bits per heavy atom. The highest BCUT2D eigenvalue weighted by Crippen LogP contribution is 2.02. The Morgan fingerprint density at radius 2 is 1.60 bits per heavy atom. The number of phenols is 1. The molecule has 3 heteroatoms. The lowest BCUT2D eigenvalue weighted by Gasteiger charge is -1.82. The molecular formula is C7H9NO2. The summed E-state index contributed by atoms with van der Waals surface area (Å²) in [5.41, 5.74) is 0. The van der Waals surface area contributed by atoms with Gasteiger partial charge >= 0.3 is 0 Å². The third kappa shape index (κ3) is 4.64. The van der Waals surface area contributed by atoms with E-state index in [1.54, 1.807) is 24.3 Å². The Kier molecular flexibility index (Phi) is 4.77. The molecule has 10 heavy (non-hydrogen) atoms. The van der Waals surface area contributed by atoms with Crippen molar-refractivity contribution in [1.82, 2.24) is 0 Å². The largest absolute Gasteiger partial charge is 0.508 e. The van der Waals surface area contributed by atoms with Gasteiger partial charge in [-0.3, -0.25) is 0 Å². The zero-order valence-electron chi connectivity index (χ0n) is 5.44. The molecule has 54 valence electrons. The third-order valence-corrected chi connectivity index (χ3v) is 0.756. The molecule has 0 aliphatic heterocycles. The lowest BCUT2D eigenvalue weighted by atomic mass is 10.3. The molecule has 1 aromatic rings. The molecule has 0 saturated heterocycles. The number of oxime groups is 1.